The van der Waals surface area contributed by atoms with E-state index in [0.717, 1.165) is 50.1 Å². The SMILES string of the molecule is S=c1n(C[NH+]2CC[NH+](Cc3cccc(Cl)c3)CC2)nnn1-c1ccccc1. The first-order chi connectivity index (χ1) is 13.2. The van der Waals surface area contributed by atoms with E-state index in [1.54, 1.807) is 9.58 Å². The zero-order valence-electron chi connectivity index (χ0n) is 15.0. The predicted molar refractivity (Wildman–Crippen MR) is 107 cm³/mol. The Morgan fingerprint density at radius 2 is 1.67 bits per heavy atom. The van der Waals surface area contributed by atoms with Crippen molar-refractivity contribution >= 4 is 23.8 Å². The van der Waals surface area contributed by atoms with Crippen LogP contribution in [0.4, 0.5) is 0 Å². The molecule has 0 unspecified atom stereocenters. The van der Waals surface area contributed by atoms with Gasteiger partial charge in [0.15, 0.2) is 6.67 Å². The fourth-order valence-electron chi connectivity index (χ4n) is 3.54. The van der Waals surface area contributed by atoms with Gasteiger partial charge in [-0.2, -0.15) is 9.36 Å². The lowest BCUT2D eigenvalue weighted by molar-refractivity contribution is -1.03. The largest absolute Gasteiger partial charge is 0.322 e. The van der Waals surface area contributed by atoms with Crippen molar-refractivity contribution in [3.63, 3.8) is 0 Å². The van der Waals surface area contributed by atoms with Crippen molar-refractivity contribution in [3.05, 3.63) is 70.0 Å². The number of nitrogens with one attached hydrogen (secondary N) is 2. The minimum absolute atomic E-state index is 0.641. The van der Waals surface area contributed by atoms with Crippen LogP contribution in [0.25, 0.3) is 5.69 Å². The summed E-state index contributed by atoms with van der Waals surface area (Å²) in [5.41, 5.74) is 2.24. The highest BCUT2D eigenvalue weighted by Crippen LogP contribution is 2.09. The van der Waals surface area contributed by atoms with Crippen LogP contribution in [-0.2, 0) is 13.2 Å². The summed E-state index contributed by atoms with van der Waals surface area (Å²) in [4.78, 5) is 3.08. The van der Waals surface area contributed by atoms with Gasteiger partial charge in [-0.25, -0.2) is 0 Å². The third-order valence-corrected chi connectivity index (χ3v) is 5.64. The molecule has 3 aromatic rings. The fourth-order valence-corrected chi connectivity index (χ4v) is 4.00. The first-order valence-electron chi connectivity index (χ1n) is 9.19. The van der Waals surface area contributed by atoms with Gasteiger partial charge in [-0.1, -0.05) is 41.9 Å². The smallest absolute Gasteiger partial charge is 0.225 e. The zero-order valence-corrected chi connectivity index (χ0v) is 16.6. The average Bonchev–Trinajstić information content (AvgIpc) is 3.04. The second kappa shape index (κ2) is 8.31. The normalized spacial score (nSPS) is 19.9. The molecule has 2 aromatic carbocycles. The van der Waals surface area contributed by atoms with Crippen molar-refractivity contribution in [1.29, 1.82) is 0 Å². The Kier molecular flexibility index (Phi) is 5.63. The second-order valence-corrected chi connectivity index (χ2v) is 7.77. The van der Waals surface area contributed by atoms with Gasteiger partial charge in [-0.3, -0.25) is 0 Å². The van der Waals surface area contributed by atoms with E-state index in [1.807, 2.05) is 47.1 Å². The minimum atomic E-state index is 0.641. The van der Waals surface area contributed by atoms with Crippen LogP contribution in [0.5, 0.6) is 0 Å². The summed E-state index contributed by atoms with van der Waals surface area (Å²) in [5.74, 6) is 0. The molecule has 2 N–H and O–H groups in total. The third kappa shape index (κ3) is 4.44. The highest BCUT2D eigenvalue weighted by molar-refractivity contribution is 7.71. The molecule has 6 nitrogen and oxygen atoms in total. The number of halogens is 1. The van der Waals surface area contributed by atoms with Gasteiger partial charge in [0.05, 0.1) is 5.69 Å². The number of nitrogens with zero attached hydrogens (tertiary/aromatic N) is 4. The van der Waals surface area contributed by atoms with Crippen molar-refractivity contribution in [2.45, 2.75) is 13.2 Å². The summed E-state index contributed by atoms with van der Waals surface area (Å²) < 4.78 is 4.19. The molecule has 0 bridgehead atoms. The van der Waals surface area contributed by atoms with Gasteiger partial charge in [0.1, 0.15) is 32.7 Å². The Morgan fingerprint density at radius 1 is 0.926 bits per heavy atom. The van der Waals surface area contributed by atoms with E-state index < -0.39 is 0 Å². The number of benzene rings is 2. The summed E-state index contributed by atoms with van der Waals surface area (Å²) in [7, 11) is 0. The van der Waals surface area contributed by atoms with Crippen LogP contribution in [-0.4, -0.2) is 46.0 Å². The molecule has 1 aliphatic rings. The maximum absolute atomic E-state index is 6.10. The average molecular weight is 403 g/mol. The lowest BCUT2D eigenvalue weighted by Crippen LogP contribution is -3.27. The molecule has 4 rings (SSSR count). The van der Waals surface area contributed by atoms with Crippen LogP contribution in [0, 0.1) is 4.77 Å². The number of rotatable bonds is 5. The van der Waals surface area contributed by atoms with Gasteiger partial charge < -0.3 is 9.80 Å². The molecule has 1 aliphatic heterocycles. The molecule has 140 valence electrons. The first-order valence-corrected chi connectivity index (χ1v) is 9.97. The van der Waals surface area contributed by atoms with Crippen molar-refractivity contribution in [2.75, 3.05) is 26.2 Å². The first kappa shape index (κ1) is 18.3. The third-order valence-electron chi connectivity index (χ3n) is 5.02. The number of hydrogen-bond donors (Lipinski definition) is 2. The Balaban J connectivity index is 1.35. The molecule has 0 spiro atoms. The molecule has 2 heterocycles. The summed E-state index contributed by atoms with van der Waals surface area (Å²) in [6.07, 6.45) is 0. The van der Waals surface area contributed by atoms with Gasteiger partial charge in [0.2, 0.25) is 4.77 Å². The van der Waals surface area contributed by atoms with Crippen molar-refractivity contribution in [1.82, 2.24) is 19.8 Å². The number of piperazine rings is 1. The maximum Gasteiger partial charge on any atom is 0.225 e. The second-order valence-electron chi connectivity index (χ2n) is 6.97. The van der Waals surface area contributed by atoms with Crippen molar-refractivity contribution in [3.8, 4) is 5.69 Å². The predicted octanol–water partition coefficient (Wildman–Crippen LogP) is 0.393. The van der Waals surface area contributed by atoms with E-state index in [-0.39, 0.29) is 0 Å². The van der Waals surface area contributed by atoms with Crippen LogP contribution in [0.15, 0.2) is 54.6 Å². The number of aromatic nitrogens is 4. The van der Waals surface area contributed by atoms with Gasteiger partial charge in [-0.05, 0) is 46.9 Å². The van der Waals surface area contributed by atoms with Gasteiger partial charge >= 0.3 is 0 Å². The van der Waals surface area contributed by atoms with Crippen LogP contribution < -0.4 is 9.80 Å². The number of tetrazole rings is 1. The molecular formula is C19H23ClN6S+2. The lowest BCUT2D eigenvalue weighted by atomic mass is 10.2. The van der Waals surface area contributed by atoms with Crippen LogP contribution in [0.1, 0.15) is 5.56 Å². The Morgan fingerprint density at radius 3 is 2.41 bits per heavy atom. The Labute approximate surface area is 168 Å². The van der Waals surface area contributed by atoms with Gasteiger partial charge in [-0.15, -0.1) is 0 Å². The maximum atomic E-state index is 6.10. The van der Waals surface area contributed by atoms with E-state index in [1.165, 1.54) is 10.5 Å². The number of hydrogen-bond acceptors (Lipinski definition) is 3. The molecular weight excluding hydrogens is 380 g/mol. The molecule has 27 heavy (non-hydrogen) atoms. The van der Waals surface area contributed by atoms with Crippen molar-refractivity contribution < 1.29 is 9.80 Å². The van der Waals surface area contributed by atoms with E-state index in [4.69, 9.17) is 23.8 Å². The van der Waals surface area contributed by atoms with Crippen LogP contribution >= 0.6 is 23.8 Å². The summed E-state index contributed by atoms with van der Waals surface area (Å²) in [5, 5.41) is 9.30. The highest BCUT2D eigenvalue weighted by Gasteiger charge is 2.24. The van der Waals surface area contributed by atoms with E-state index in [9.17, 15) is 0 Å². The molecule has 8 heteroatoms. The highest BCUT2D eigenvalue weighted by atomic mass is 35.5. The number of quaternary nitrogens is 2. The van der Waals surface area contributed by atoms with Crippen molar-refractivity contribution in [2.24, 2.45) is 0 Å². The molecule has 0 saturated carbocycles. The monoisotopic (exact) mass is 402 g/mol. The molecule has 1 saturated heterocycles. The summed E-state index contributed by atoms with van der Waals surface area (Å²) in [6, 6.07) is 18.1. The van der Waals surface area contributed by atoms with Crippen LogP contribution in [0.2, 0.25) is 5.02 Å². The molecule has 0 atom stereocenters. The minimum Gasteiger partial charge on any atom is -0.322 e. The molecule has 0 radical (unpaired) electrons. The molecule has 1 fully saturated rings. The van der Waals surface area contributed by atoms with Gasteiger partial charge in [0, 0.05) is 10.6 Å². The lowest BCUT2D eigenvalue weighted by Gasteiger charge is -2.29. The topological polar surface area (TPSA) is 44.5 Å². The fraction of sp³-hybridized carbons (Fsp3) is 0.316. The van der Waals surface area contributed by atoms with Crippen LogP contribution in [0.3, 0.4) is 0 Å². The number of para-hydroxylation sites is 1. The van der Waals surface area contributed by atoms with E-state index in [0.29, 0.717) is 4.77 Å². The van der Waals surface area contributed by atoms with E-state index >= 15 is 0 Å². The Hall–Kier alpha value is -2.06. The summed E-state index contributed by atoms with van der Waals surface area (Å²) >= 11 is 11.7. The zero-order chi connectivity index (χ0) is 18.6. The quantitative estimate of drug-likeness (QED) is 0.607. The summed E-state index contributed by atoms with van der Waals surface area (Å²) in [6.45, 7) is 6.23. The standard InChI is InChI=1S/C19H21ClN6S/c20-17-6-4-5-16(13-17)14-23-9-11-24(12-10-23)15-25-19(27)26(22-21-25)18-7-2-1-3-8-18/h1-8,13H,9-12,14-15H2/p+2. The molecule has 0 amide bonds. The molecule has 0 aliphatic carbocycles. The van der Waals surface area contributed by atoms with E-state index in [2.05, 4.69) is 22.6 Å². The Bertz CT molecular complexity index is 946. The van der Waals surface area contributed by atoms with Gasteiger partial charge in [0.25, 0.3) is 0 Å². The molecule has 1 aromatic heterocycles.